The molecule has 0 radical (unpaired) electrons. The SMILES string of the molecule is Cc1[nH]c(=O)sc1S(=O)(=O)NC1(CN)CCCC1. The molecule has 1 aromatic heterocycles. The fourth-order valence-corrected chi connectivity index (χ4v) is 5.15. The molecule has 1 saturated carbocycles. The highest BCUT2D eigenvalue weighted by molar-refractivity contribution is 7.91. The molecule has 0 aliphatic heterocycles. The van der Waals surface area contributed by atoms with Gasteiger partial charge in [0, 0.05) is 17.8 Å². The number of aromatic nitrogens is 1. The van der Waals surface area contributed by atoms with Crippen molar-refractivity contribution in [2.45, 2.75) is 42.4 Å². The number of hydrogen-bond acceptors (Lipinski definition) is 5. The van der Waals surface area contributed by atoms with Gasteiger partial charge in [0.15, 0.2) is 4.21 Å². The van der Waals surface area contributed by atoms with Gasteiger partial charge in [-0.1, -0.05) is 24.2 Å². The molecule has 1 fully saturated rings. The second-order valence-corrected chi connectivity index (χ2v) is 7.58. The van der Waals surface area contributed by atoms with E-state index in [1.807, 2.05) is 0 Å². The molecule has 6 nitrogen and oxygen atoms in total. The Kier molecular flexibility index (Phi) is 3.63. The van der Waals surface area contributed by atoms with Gasteiger partial charge >= 0.3 is 4.87 Å². The van der Waals surface area contributed by atoms with Crippen LogP contribution in [-0.4, -0.2) is 25.5 Å². The molecule has 1 aliphatic carbocycles. The predicted molar refractivity (Wildman–Crippen MR) is 70.3 cm³/mol. The molecule has 102 valence electrons. The molecular formula is C10H17N3O3S2. The summed E-state index contributed by atoms with van der Waals surface area (Å²) < 4.78 is 27.3. The first-order chi connectivity index (χ1) is 8.38. The van der Waals surface area contributed by atoms with Gasteiger partial charge in [-0.2, -0.15) is 0 Å². The van der Waals surface area contributed by atoms with Crippen molar-refractivity contribution in [2.24, 2.45) is 5.73 Å². The Labute approximate surface area is 110 Å². The number of rotatable bonds is 4. The normalized spacial score (nSPS) is 19.2. The first-order valence-corrected chi connectivity index (χ1v) is 8.12. The molecule has 0 amide bonds. The minimum atomic E-state index is -3.67. The van der Waals surface area contributed by atoms with Crippen LogP contribution in [0, 0.1) is 6.92 Å². The molecular weight excluding hydrogens is 274 g/mol. The van der Waals surface area contributed by atoms with E-state index in [9.17, 15) is 13.2 Å². The zero-order valence-corrected chi connectivity index (χ0v) is 11.8. The molecule has 0 aromatic carbocycles. The molecule has 0 bridgehead atoms. The largest absolute Gasteiger partial charge is 0.329 e. The molecule has 0 atom stereocenters. The first-order valence-electron chi connectivity index (χ1n) is 5.82. The molecule has 0 unspecified atom stereocenters. The molecule has 0 spiro atoms. The van der Waals surface area contributed by atoms with Crippen molar-refractivity contribution in [1.82, 2.24) is 9.71 Å². The van der Waals surface area contributed by atoms with Crippen LogP contribution in [0.2, 0.25) is 0 Å². The number of thiazole rings is 1. The van der Waals surface area contributed by atoms with Crippen LogP contribution in [-0.2, 0) is 10.0 Å². The highest BCUT2D eigenvalue weighted by Crippen LogP contribution is 2.31. The maximum Gasteiger partial charge on any atom is 0.305 e. The van der Waals surface area contributed by atoms with E-state index in [-0.39, 0.29) is 15.6 Å². The second-order valence-electron chi connectivity index (χ2n) is 4.72. The van der Waals surface area contributed by atoms with Crippen LogP contribution in [0.1, 0.15) is 31.4 Å². The Hall–Kier alpha value is -0.700. The third kappa shape index (κ3) is 2.51. The molecule has 0 saturated heterocycles. The van der Waals surface area contributed by atoms with E-state index in [2.05, 4.69) is 9.71 Å². The Balaban J connectivity index is 2.32. The lowest BCUT2D eigenvalue weighted by atomic mass is 10.0. The summed E-state index contributed by atoms with van der Waals surface area (Å²) in [4.78, 5) is 13.3. The minimum absolute atomic E-state index is 0.0622. The summed E-state index contributed by atoms with van der Waals surface area (Å²) in [5.74, 6) is 0. The summed E-state index contributed by atoms with van der Waals surface area (Å²) in [6.07, 6.45) is 3.45. The van der Waals surface area contributed by atoms with E-state index in [4.69, 9.17) is 5.73 Å². The van der Waals surface area contributed by atoms with Crippen molar-refractivity contribution in [3.8, 4) is 0 Å². The van der Waals surface area contributed by atoms with E-state index < -0.39 is 15.6 Å². The molecule has 1 aliphatic rings. The second kappa shape index (κ2) is 4.76. The van der Waals surface area contributed by atoms with Crippen molar-refractivity contribution in [2.75, 3.05) is 6.54 Å². The number of hydrogen-bond donors (Lipinski definition) is 3. The Morgan fingerprint density at radius 2 is 2.06 bits per heavy atom. The van der Waals surface area contributed by atoms with E-state index in [1.165, 1.54) is 0 Å². The zero-order valence-electron chi connectivity index (χ0n) is 10.2. The maximum absolute atomic E-state index is 12.3. The van der Waals surface area contributed by atoms with Gasteiger partial charge in [0.25, 0.3) is 10.0 Å². The molecule has 1 aromatic rings. The Morgan fingerprint density at radius 3 is 2.50 bits per heavy atom. The quantitative estimate of drug-likeness (QED) is 0.741. The summed E-state index contributed by atoms with van der Waals surface area (Å²) in [5.41, 5.74) is 5.54. The van der Waals surface area contributed by atoms with Crippen molar-refractivity contribution in [1.29, 1.82) is 0 Å². The van der Waals surface area contributed by atoms with Gasteiger partial charge in [0.1, 0.15) is 0 Å². The van der Waals surface area contributed by atoms with Crippen molar-refractivity contribution in [3.05, 3.63) is 15.4 Å². The third-order valence-corrected chi connectivity index (χ3v) is 6.51. The lowest BCUT2D eigenvalue weighted by Gasteiger charge is -2.27. The maximum atomic E-state index is 12.3. The van der Waals surface area contributed by atoms with Crippen LogP contribution in [0.5, 0.6) is 0 Å². The highest BCUT2D eigenvalue weighted by Gasteiger charge is 2.37. The minimum Gasteiger partial charge on any atom is -0.329 e. The van der Waals surface area contributed by atoms with E-state index in [0.717, 1.165) is 25.7 Å². The summed E-state index contributed by atoms with van der Waals surface area (Å²) >= 11 is 0.711. The van der Waals surface area contributed by atoms with Crippen LogP contribution in [0.15, 0.2) is 9.00 Å². The monoisotopic (exact) mass is 291 g/mol. The Bertz CT molecular complexity index is 582. The molecule has 1 heterocycles. The van der Waals surface area contributed by atoms with Gasteiger partial charge in [-0.3, -0.25) is 4.79 Å². The van der Waals surface area contributed by atoms with Crippen LogP contribution < -0.4 is 15.3 Å². The van der Waals surface area contributed by atoms with Crippen LogP contribution in [0.4, 0.5) is 0 Å². The van der Waals surface area contributed by atoms with Crippen molar-refractivity contribution < 1.29 is 8.42 Å². The standard InChI is InChI=1S/C10H17N3O3S2/c1-7-8(17-9(14)12-7)18(15,16)13-10(6-11)4-2-3-5-10/h13H,2-6,11H2,1H3,(H,12,14). The number of aryl methyl sites for hydroxylation is 1. The van der Waals surface area contributed by atoms with Crippen molar-refractivity contribution >= 4 is 21.4 Å². The average Bonchev–Trinajstić information content (AvgIpc) is 2.86. The van der Waals surface area contributed by atoms with Gasteiger partial charge in [-0.05, 0) is 19.8 Å². The van der Waals surface area contributed by atoms with E-state index in [0.29, 0.717) is 17.0 Å². The third-order valence-electron chi connectivity index (χ3n) is 3.33. The number of sulfonamides is 1. The lowest BCUT2D eigenvalue weighted by molar-refractivity contribution is 0.400. The van der Waals surface area contributed by atoms with Gasteiger partial charge in [-0.25, -0.2) is 13.1 Å². The smallest absolute Gasteiger partial charge is 0.305 e. The summed E-state index contributed by atoms with van der Waals surface area (Å²) in [6.45, 7) is 1.86. The number of H-pyrrole nitrogens is 1. The zero-order chi connectivity index (χ0) is 13.4. The number of nitrogens with two attached hydrogens (primary N) is 1. The molecule has 4 N–H and O–H groups in total. The molecule has 8 heteroatoms. The van der Waals surface area contributed by atoms with Gasteiger partial charge in [0.05, 0.1) is 0 Å². The van der Waals surface area contributed by atoms with E-state index in [1.54, 1.807) is 6.92 Å². The van der Waals surface area contributed by atoms with Gasteiger partial charge < -0.3 is 10.7 Å². The molecule has 18 heavy (non-hydrogen) atoms. The summed E-state index contributed by atoms with van der Waals surface area (Å²) in [7, 11) is -3.67. The fraction of sp³-hybridized carbons (Fsp3) is 0.700. The highest BCUT2D eigenvalue weighted by atomic mass is 32.2. The van der Waals surface area contributed by atoms with Crippen LogP contribution >= 0.6 is 11.3 Å². The predicted octanol–water partition coefficient (Wildman–Crippen LogP) is 0.295. The van der Waals surface area contributed by atoms with Crippen LogP contribution in [0.25, 0.3) is 0 Å². The van der Waals surface area contributed by atoms with Crippen molar-refractivity contribution in [3.63, 3.8) is 0 Å². The first kappa shape index (κ1) is 13.7. The summed E-state index contributed by atoms with van der Waals surface area (Å²) in [5, 5.41) is 0. The number of nitrogens with one attached hydrogen (secondary N) is 2. The van der Waals surface area contributed by atoms with E-state index >= 15 is 0 Å². The van der Waals surface area contributed by atoms with Gasteiger partial charge in [-0.15, -0.1) is 0 Å². The fourth-order valence-electron chi connectivity index (χ4n) is 2.38. The topological polar surface area (TPSA) is 105 Å². The Morgan fingerprint density at radius 1 is 1.44 bits per heavy atom. The lowest BCUT2D eigenvalue weighted by Crippen LogP contribution is -2.51. The molecule has 2 rings (SSSR count). The summed E-state index contributed by atoms with van der Waals surface area (Å²) in [6, 6.07) is 0. The number of aromatic amines is 1. The van der Waals surface area contributed by atoms with Crippen LogP contribution in [0.3, 0.4) is 0 Å². The average molecular weight is 291 g/mol. The van der Waals surface area contributed by atoms with Gasteiger partial charge in [0.2, 0.25) is 0 Å².